The summed E-state index contributed by atoms with van der Waals surface area (Å²) < 4.78 is 6.91. The van der Waals surface area contributed by atoms with Gasteiger partial charge in [-0.05, 0) is 60.6 Å². The van der Waals surface area contributed by atoms with Crippen LogP contribution in [0.15, 0.2) is 24.3 Å². The van der Waals surface area contributed by atoms with Crippen molar-refractivity contribution in [1.29, 1.82) is 0 Å². The van der Waals surface area contributed by atoms with Gasteiger partial charge < -0.3 is 9.64 Å². The standard InChI is InChI=1S/C20H28N4O4/c1-8-28-19(25)17-14(4)23(15-9-11-16(12-10-15)24(26)27)21-18(17)22(13(2)3)20(5,6)7/h9-13H,8H2,1-7H3. The van der Waals surface area contributed by atoms with Crippen molar-refractivity contribution in [3.8, 4) is 5.69 Å². The molecule has 0 amide bonds. The maximum Gasteiger partial charge on any atom is 0.343 e. The molecule has 1 aromatic carbocycles. The summed E-state index contributed by atoms with van der Waals surface area (Å²) in [7, 11) is 0. The molecule has 0 saturated carbocycles. The Kier molecular flexibility index (Phi) is 6.11. The number of rotatable bonds is 6. The minimum Gasteiger partial charge on any atom is -0.462 e. The smallest absolute Gasteiger partial charge is 0.343 e. The van der Waals surface area contributed by atoms with Crippen molar-refractivity contribution in [2.45, 2.75) is 60.0 Å². The van der Waals surface area contributed by atoms with Crippen molar-refractivity contribution in [1.82, 2.24) is 9.78 Å². The highest BCUT2D eigenvalue weighted by atomic mass is 16.6. The second-order valence-electron chi connectivity index (χ2n) is 7.82. The summed E-state index contributed by atoms with van der Waals surface area (Å²) in [5.74, 6) is 0.106. The van der Waals surface area contributed by atoms with Crippen molar-refractivity contribution in [3.05, 3.63) is 45.6 Å². The topological polar surface area (TPSA) is 90.5 Å². The molecule has 1 heterocycles. The van der Waals surface area contributed by atoms with Gasteiger partial charge in [-0.2, -0.15) is 0 Å². The third-order valence-corrected chi connectivity index (χ3v) is 4.35. The minimum atomic E-state index is -0.449. The van der Waals surface area contributed by atoms with Crippen LogP contribution in [0.1, 0.15) is 57.6 Å². The number of anilines is 1. The second-order valence-corrected chi connectivity index (χ2v) is 7.82. The third kappa shape index (κ3) is 4.16. The number of hydrogen-bond donors (Lipinski definition) is 0. The molecule has 0 fully saturated rings. The molecule has 2 aromatic rings. The monoisotopic (exact) mass is 388 g/mol. The molecular weight excluding hydrogens is 360 g/mol. The van der Waals surface area contributed by atoms with E-state index >= 15 is 0 Å². The van der Waals surface area contributed by atoms with E-state index in [1.807, 2.05) is 13.8 Å². The summed E-state index contributed by atoms with van der Waals surface area (Å²) in [6.45, 7) is 14.1. The maximum atomic E-state index is 12.7. The zero-order valence-corrected chi connectivity index (χ0v) is 17.5. The average Bonchev–Trinajstić information content (AvgIpc) is 2.90. The number of nitrogens with zero attached hydrogens (tertiary/aromatic N) is 4. The van der Waals surface area contributed by atoms with Crippen molar-refractivity contribution < 1.29 is 14.5 Å². The van der Waals surface area contributed by atoms with Crippen molar-refractivity contribution >= 4 is 17.5 Å². The van der Waals surface area contributed by atoms with Crippen LogP contribution in [-0.2, 0) is 4.74 Å². The first-order valence-corrected chi connectivity index (χ1v) is 9.30. The molecule has 8 heteroatoms. The normalized spacial score (nSPS) is 11.6. The van der Waals surface area contributed by atoms with Gasteiger partial charge in [0.05, 0.1) is 22.9 Å². The lowest BCUT2D eigenvalue weighted by Crippen LogP contribution is -2.47. The lowest BCUT2D eigenvalue weighted by atomic mass is 10.0. The van der Waals surface area contributed by atoms with Crippen LogP contribution < -0.4 is 4.90 Å². The largest absolute Gasteiger partial charge is 0.462 e. The van der Waals surface area contributed by atoms with E-state index in [1.165, 1.54) is 12.1 Å². The SMILES string of the molecule is CCOC(=O)c1c(N(C(C)C)C(C)(C)C)nn(-c2ccc([N+](=O)[O-])cc2)c1C. The second kappa shape index (κ2) is 8.00. The van der Waals surface area contributed by atoms with Gasteiger partial charge in [-0.15, -0.1) is 5.10 Å². The number of non-ortho nitro benzene ring substituents is 1. The van der Waals surface area contributed by atoms with Gasteiger partial charge in [0.15, 0.2) is 5.82 Å². The van der Waals surface area contributed by atoms with E-state index in [0.717, 1.165) is 0 Å². The molecule has 8 nitrogen and oxygen atoms in total. The van der Waals surface area contributed by atoms with Gasteiger partial charge in [0.2, 0.25) is 0 Å². The van der Waals surface area contributed by atoms with Gasteiger partial charge in [-0.25, -0.2) is 9.48 Å². The Morgan fingerprint density at radius 2 is 1.86 bits per heavy atom. The van der Waals surface area contributed by atoms with E-state index in [4.69, 9.17) is 9.84 Å². The van der Waals surface area contributed by atoms with Gasteiger partial charge in [0.25, 0.3) is 5.69 Å². The molecule has 0 unspecified atom stereocenters. The van der Waals surface area contributed by atoms with Crippen molar-refractivity contribution in [3.63, 3.8) is 0 Å². The van der Waals surface area contributed by atoms with E-state index < -0.39 is 10.9 Å². The Hall–Kier alpha value is -2.90. The fraction of sp³-hybridized carbons (Fsp3) is 0.500. The highest BCUT2D eigenvalue weighted by Gasteiger charge is 2.33. The Balaban J connectivity index is 2.69. The van der Waals surface area contributed by atoms with E-state index in [1.54, 1.807) is 30.7 Å². The lowest BCUT2D eigenvalue weighted by Gasteiger charge is -2.39. The first-order valence-electron chi connectivity index (χ1n) is 9.30. The van der Waals surface area contributed by atoms with Crippen LogP contribution in [0.2, 0.25) is 0 Å². The van der Waals surface area contributed by atoms with E-state index in [9.17, 15) is 14.9 Å². The molecule has 0 aliphatic rings. The van der Waals surface area contributed by atoms with E-state index in [0.29, 0.717) is 22.8 Å². The summed E-state index contributed by atoms with van der Waals surface area (Å²) in [6.07, 6.45) is 0. The van der Waals surface area contributed by atoms with Gasteiger partial charge in [0, 0.05) is 23.7 Å². The zero-order chi connectivity index (χ0) is 21.2. The summed E-state index contributed by atoms with van der Waals surface area (Å²) >= 11 is 0. The summed E-state index contributed by atoms with van der Waals surface area (Å²) in [5, 5.41) is 15.6. The van der Waals surface area contributed by atoms with Crippen LogP contribution in [-0.4, -0.2) is 38.9 Å². The molecular formula is C20H28N4O4. The van der Waals surface area contributed by atoms with Crippen LogP contribution in [0.4, 0.5) is 11.5 Å². The van der Waals surface area contributed by atoms with E-state index in [-0.39, 0.29) is 23.9 Å². The Bertz CT molecular complexity index is 864. The minimum absolute atomic E-state index is 0.00195. The first kappa shape index (κ1) is 21.4. The quantitative estimate of drug-likeness (QED) is 0.417. The third-order valence-electron chi connectivity index (χ3n) is 4.35. The number of aromatic nitrogens is 2. The van der Waals surface area contributed by atoms with Crippen LogP contribution in [0, 0.1) is 17.0 Å². The molecule has 28 heavy (non-hydrogen) atoms. The summed E-state index contributed by atoms with van der Waals surface area (Å²) in [4.78, 5) is 25.3. The molecule has 0 spiro atoms. The van der Waals surface area contributed by atoms with Crippen molar-refractivity contribution in [2.24, 2.45) is 0 Å². The Labute approximate surface area is 165 Å². The number of benzene rings is 1. The van der Waals surface area contributed by atoms with Gasteiger partial charge in [0.1, 0.15) is 5.56 Å². The number of hydrogen-bond acceptors (Lipinski definition) is 6. The van der Waals surface area contributed by atoms with Gasteiger partial charge in [-0.1, -0.05) is 0 Å². The van der Waals surface area contributed by atoms with Crippen LogP contribution in [0.25, 0.3) is 5.69 Å². The number of nitro benzene ring substituents is 1. The molecule has 0 bridgehead atoms. The number of nitro groups is 1. The van der Waals surface area contributed by atoms with Crippen molar-refractivity contribution in [2.75, 3.05) is 11.5 Å². The Morgan fingerprint density at radius 3 is 2.29 bits per heavy atom. The van der Waals surface area contributed by atoms with Crippen LogP contribution in [0.3, 0.4) is 0 Å². The Morgan fingerprint density at radius 1 is 1.29 bits per heavy atom. The van der Waals surface area contributed by atoms with Gasteiger partial charge >= 0.3 is 5.97 Å². The maximum absolute atomic E-state index is 12.7. The molecule has 2 rings (SSSR count). The number of ether oxygens (including phenoxy) is 1. The highest BCUT2D eigenvalue weighted by Crippen LogP contribution is 2.32. The van der Waals surface area contributed by atoms with E-state index in [2.05, 4.69) is 25.7 Å². The average molecular weight is 388 g/mol. The fourth-order valence-corrected chi connectivity index (χ4v) is 3.40. The lowest BCUT2D eigenvalue weighted by molar-refractivity contribution is -0.384. The summed E-state index contributed by atoms with van der Waals surface area (Å²) in [5.41, 5.74) is 1.38. The first-order chi connectivity index (χ1) is 13.0. The number of esters is 1. The molecule has 0 aliphatic carbocycles. The van der Waals surface area contributed by atoms with Gasteiger partial charge in [-0.3, -0.25) is 10.1 Å². The number of carbonyl (C=O) groups excluding carboxylic acids is 1. The molecule has 0 radical (unpaired) electrons. The predicted octanol–water partition coefficient (Wildman–Crippen LogP) is 4.28. The molecule has 0 saturated heterocycles. The molecule has 0 atom stereocenters. The molecule has 0 aliphatic heterocycles. The molecule has 0 N–H and O–H groups in total. The highest BCUT2D eigenvalue weighted by molar-refractivity contribution is 5.96. The predicted molar refractivity (Wildman–Crippen MR) is 108 cm³/mol. The van der Waals surface area contributed by atoms with Crippen LogP contribution in [0.5, 0.6) is 0 Å². The summed E-state index contributed by atoms with van der Waals surface area (Å²) in [6, 6.07) is 6.17. The number of carbonyl (C=O) groups is 1. The molecule has 1 aromatic heterocycles. The fourth-order valence-electron chi connectivity index (χ4n) is 3.40. The zero-order valence-electron chi connectivity index (χ0n) is 17.5. The van der Waals surface area contributed by atoms with Crippen LogP contribution >= 0.6 is 0 Å². The molecule has 152 valence electrons.